The Kier molecular flexibility index (Phi) is 4.39. The number of halogens is 1. The molecule has 0 N–H and O–H groups in total. The topological polar surface area (TPSA) is 13.1 Å². The van der Waals surface area contributed by atoms with Crippen LogP contribution in [0.25, 0.3) is 33.2 Å². The van der Waals surface area contributed by atoms with E-state index >= 15 is 0 Å². The van der Waals surface area contributed by atoms with Gasteiger partial charge < -0.3 is 4.42 Å². The molecule has 0 unspecified atom stereocenters. The largest absolute Gasteiger partial charge is 0.460 e. The lowest BCUT2D eigenvalue weighted by Gasteiger charge is -2.05. The van der Waals surface area contributed by atoms with Gasteiger partial charge >= 0.3 is 0 Å². The van der Waals surface area contributed by atoms with E-state index in [1.807, 2.05) is 6.07 Å². The third kappa shape index (κ3) is 2.98. The Balaban J connectivity index is 1.88. The molecule has 1 aromatic heterocycles. The molecule has 3 aromatic carbocycles. The van der Waals surface area contributed by atoms with Crippen LogP contribution in [0.15, 0.2) is 83.3 Å². The van der Waals surface area contributed by atoms with Crippen LogP contribution in [-0.4, -0.2) is 4.43 Å². The third-order valence-electron chi connectivity index (χ3n) is 4.22. The summed E-state index contributed by atoms with van der Waals surface area (Å²) in [7, 11) is 0. The predicted octanol–water partition coefficient (Wildman–Crippen LogP) is 6.74. The highest BCUT2D eigenvalue weighted by Crippen LogP contribution is 2.36. The minimum Gasteiger partial charge on any atom is -0.460 e. The lowest BCUT2D eigenvalue weighted by Crippen LogP contribution is -1.81. The zero-order valence-corrected chi connectivity index (χ0v) is 15.4. The molecule has 0 atom stereocenters. The Morgan fingerprint density at radius 3 is 2.25 bits per heavy atom. The van der Waals surface area contributed by atoms with Gasteiger partial charge in [0.1, 0.15) is 11.5 Å². The van der Waals surface area contributed by atoms with Crippen LogP contribution >= 0.6 is 22.6 Å². The van der Waals surface area contributed by atoms with E-state index in [4.69, 9.17) is 4.42 Å². The predicted molar refractivity (Wildman–Crippen MR) is 110 cm³/mol. The van der Waals surface area contributed by atoms with E-state index in [1.165, 1.54) is 21.9 Å². The number of alkyl halides is 1. The summed E-state index contributed by atoms with van der Waals surface area (Å²) in [4.78, 5) is 0. The normalized spacial score (nSPS) is 11.0. The summed E-state index contributed by atoms with van der Waals surface area (Å²) < 4.78 is 7.26. The van der Waals surface area contributed by atoms with Crippen LogP contribution in [0.1, 0.15) is 5.76 Å². The van der Waals surface area contributed by atoms with Crippen molar-refractivity contribution in [2.75, 3.05) is 4.43 Å². The second-order valence-electron chi connectivity index (χ2n) is 5.82. The highest BCUT2D eigenvalue weighted by atomic mass is 127. The SMILES string of the molecule is ICCc1cc(-c2ccc3ccccc3c2)c(-c2ccccc2)o1. The summed E-state index contributed by atoms with van der Waals surface area (Å²) in [5.41, 5.74) is 3.50. The monoisotopic (exact) mass is 424 g/mol. The Hall–Kier alpha value is -2.07. The molecule has 0 aliphatic rings. The second kappa shape index (κ2) is 6.81. The van der Waals surface area contributed by atoms with Crippen LogP contribution in [0.5, 0.6) is 0 Å². The summed E-state index contributed by atoms with van der Waals surface area (Å²) in [6, 6.07) is 27.7. The van der Waals surface area contributed by atoms with Gasteiger partial charge in [0.2, 0.25) is 0 Å². The molecule has 1 nitrogen and oxygen atoms in total. The quantitative estimate of drug-likeness (QED) is 0.261. The molecule has 0 amide bonds. The first-order chi connectivity index (χ1) is 11.8. The van der Waals surface area contributed by atoms with Gasteiger partial charge in [-0.15, -0.1) is 0 Å². The molecule has 0 saturated carbocycles. The second-order valence-corrected chi connectivity index (χ2v) is 6.90. The van der Waals surface area contributed by atoms with Crippen molar-refractivity contribution in [2.45, 2.75) is 6.42 Å². The van der Waals surface area contributed by atoms with Gasteiger partial charge in [0.15, 0.2) is 0 Å². The van der Waals surface area contributed by atoms with Crippen molar-refractivity contribution in [1.82, 2.24) is 0 Å². The van der Waals surface area contributed by atoms with Crippen LogP contribution in [0.2, 0.25) is 0 Å². The molecule has 0 aliphatic carbocycles. The van der Waals surface area contributed by atoms with Gasteiger partial charge in [-0.05, 0) is 28.5 Å². The Morgan fingerprint density at radius 1 is 0.708 bits per heavy atom. The van der Waals surface area contributed by atoms with Crippen LogP contribution in [0.3, 0.4) is 0 Å². The van der Waals surface area contributed by atoms with E-state index in [9.17, 15) is 0 Å². The minimum atomic E-state index is 0.952. The number of hydrogen-bond acceptors (Lipinski definition) is 1. The van der Waals surface area contributed by atoms with Crippen LogP contribution < -0.4 is 0 Å². The molecule has 0 spiro atoms. The first kappa shape index (κ1) is 15.5. The Bertz CT molecular complexity index is 970. The maximum atomic E-state index is 6.20. The zero-order chi connectivity index (χ0) is 16.4. The Labute approximate surface area is 155 Å². The number of rotatable bonds is 4. The standard InChI is InChI=1S/C22H17IO/c23-13-12-20-15-21(22(24-20)17-7-2-1-3-8-17)19-11-10-16-6-4-5-9-18(16)14-19/h1-11,14-15H,12-13H2. The molecule has 0 saturated heterocycles. The third-order valence-corrected chi connectivity index (χ3v) is 4.76. The van der Waals surface area contributed by atoms with E-state index in [-0.39, 0.29) is 0 Å². The fourth-order valence-corrected chi connectivity index (χ4v) is 3.57. The summed E-state index contributed by atoms with van der Waals surface area (Å²) >= 11 is 2.39. The van der Waals surface area contributed by atoms with Crippen molar-refractivity contribution < 1.29 is 4.42 Å². The van der Waals surface area contributed by atoms with Crippen molar-refractivity contribution >= 4 is 33.4 Å². The van der Waals surface area contributed by atoms with E-state index < -0.39 is 0 Å². The van der Waals surface area contributed by atoms with Crippen molar-refractivity contribution in [2.24, 2.45) is 0 Å². The highest BCUT2D eigenvalue weighted by molar-refractivity contribution is 14.1. The number of hydrogen-bond donors (Lipinski definition) is 0. The Morgan fingerprint density at radius 2 is 1.46 bits per heavy atom. The van der Waals surface area contributed by atoms with Gasteiger partial charge in [-0.2, -0.15) is 0 Å². The van der Waals surface area contributed by atoms with Gasteiger partial charge in [0.05, 0.1) is 0 Å². The van der Waals surface area contributed by atoms with E-state index in [1.54, 1.807) is 0 Å². The maximum Gasteiger partial charge on any atom is 0.142 e. The summed E-state index contributed by atoms with van der Waals surface area (Å²) in [5.74, 6) is 2.01. The average molecular weight is 424 g/mol. The fourth-order valence-electron chi connectivity index (χ4n) is 3.03. The first-order valence-electron chi connectivity index (χ1n) is 8.08. The molecular formula is C22H17IO. The molecule has 4 aromatic rings. The van der Waals surface area contributed by atoms with Gasteiger partial charge in [-0.3, -0.25) is 0 Å². The van der Waals surface area contributed by atoms with Crippen LogP contribution in [-0.2, 0) is 6.42 Å². The maximum absolute atomic E-state index is 6.20. The van der Waals surface area contributed by atoms with E-state index in [2.05, 4.69) is 95.4 Å². The number of aryl methyl sites for hydroxylation is 1. The molecular weight excluding hydrogens is 407 g/mol. The van der Waals surface area contributed by atoms with Crippen LogP contribution in [0, 0.1) is 0 Å². The minimum absolute atomic E-state index is 0.952. The lowest BCUT2D eigenvalue weighted by molar-refractivity contribution is 0.532. The molecule has 2 heteroatoms. The van der Waals surface area contributed by atoms with Gasteiger partial charge in [-0.1, -0.05) is 89.3 Å². The van der Waals surface area contributed by atoms with E-state index in [0.717, 1.165) is 27.9 Å². The van der Waals surface area contributed by atoms with E-state index in [0.29, 0.717) is 0 Å². The summed E-state index contributed by atoms with van der Waals surface area (Å²) in [6.45, 7) is 0. The summed E-state index contributed by atoms with van der Waals surface area (Å²) in [5, 5.41) is 2.52. The zero-order valence-electron chi connectivity index (χ0n) is 13.2. The number of furan rings is 1. The first-order valence-corrected chi connectivity index (χ1v) is 9.61. The molecule has 4 rings (SSSR count). The molecule has 0 fully saturated rings. The molecule has 1 heterocycles. The summed E-state index contributed by atoms with van der Waals surface area (Å²) in [6.07, 6.45) is 0.952. The van der Waals surface area contributed by atoms with Crippen LogP contribution in [0.4, 0.5) is 0 Å². The molecule has 0 radical (unpaired) electrons. The lowest BCUT2D eigenvalue weighted by atomic mass is 9.99. The fraction of sp³-hybridized carbons (Fsp3) is 0.0909. The molecule has 24 heavy (non-hydrogen) atoms. The van der Waals surface area contributed by atoms with Crippen molar-refractivity contribution in [3.05, 3.63) is 84.6 Å². The highest BCUT2D eigenvalue weighted by Gasteiger charge is 2.15. The van der Waals surface area contributed by atoms with Gasteiger partial charge in [-0.25, -0.2) is 0 Å². The molecule has 0 bridgehead atoms. The smallest absolute Gasteiger partial charge is 0.142 e. The number of fused-ring (bicyclic) bond motifs is 1. The van der Waals surface area contributed by atoms with Crippen molar-refractivity contribution in [1.29, 1.82) is 0 Å². The van der Waals surface area contributed by atoms with Gasteiger partial charge in [0, 0.05) is 22.0 Å². The molecule has 118 valence electrons. The van der Waals surface area contributed by atoms with Crippen molar-refractivity contribution in [3.63, 3.8) is 0 Å². The van der Waals surface area contributed by atoms with Gasteiger partial charge in [0.25, 0.3) is 0 Å². The van der Waals surface area contributed by atoms with Crippen molar-refractivity contribution in [3.8, 4) is 22.5 Å². The molecule has 0 aliphatic heterocycles. The number of benzene rings is 3. The average Bonchev–Trinajstić information content (AvgIpc) is 3.06.